The average Bonchev–Trinajstić information content (AvgIpc) is 3.13. The van der Waals surface area contributed by atoms with Crippen molar-refractivity contribution in [1.29, 1.82) is 0 Å². The molecule has 0 unspecified atom stereocenters. The first-order valence-electron chi connectivity index (χ1n) is 8.67. The summed E-state index contributed by atoms with van der Waals surface area (Å²) in [5.41, 5.74) is -0.387. The molecule has 0 aliphatic carbocycles. The van der Waals surface area contributed by atoms with Gasteiger partial charge in [-0.2, -0.15) is 0 Å². The summed E-state index contributed by atoms with van der Waals surface area (Å²) < 4.78 is 38.7. The van der Waals surface area contributed by atoms with E-state index >= 15 is 0 Å². The quantitative estimate of drug-likeness (QED) is 0.886. The van der Waals surface area contributed by atoms with E-state index in [1.165, 1.54) is 18.5 Å². The number of para-hydroxylation sites is 1. The van der Waals surface area contributed by atoms with Crippen LogP contribution in [0, 0.1) is 11.6 Å². The van der Waals surface area contributed by atoms with Crippen LogP contribution in [0.5, 0.6) is 0 Å². The minimum Gasteiger partial charge on any atom is -0.347 e. The van der Waals surface area contributed by atoms with Gasteiger partial charge < -0.3 is 19.7 Å². The minimum absolute atomic E-state index is 0.109. The van der Waals surface area contributed by atoms with Gasteiger partial charge in [-0.05, 0) is 12.1 Å². The molecule has 0 atom stereocenters. The summed E-state index contributed by atoms with van der Waals surface area (Å²) in [6, 6.07) is 3.36. The fourth-order valence-electron chi connectivity index (χ4n) is 3.24. The van der Waals surface area contributed by atoms with Crippen molar-refractivity contribution in [2.75, 3.05) is 36.5 Å². The SMILES string of the molecule is O=C(Nc1c(F)cccc1F)c1cnc(N2CCC3(CC2)OCCO3)nc1. The molecule has 1 aromatic heterocycles. The largest absolute Gasteiger partial charge is 0.347 e. The Bertz CT molecular complexity index is 811. The highest BCUT2D eigenvalue weighted by atomic mass is 19.1. The standard InChI is InChI=1S/C18H18F2N4O3/c19-13-2-1-3-14(20)15(13)23-16(25)12-10-21-17(22-11-12)24-6-4-18(5-7-24)26-8-9-27-18/h1-3,10-11H,4-9H2,(H,23,25). The number of aromatic nitrogens is 2. The lowest BCUT2D eigenvalue weighted by Gasteiger charge is -2.37. The molecule has 27 heavy (non-hydrogen) atoms. The number of ether oxygens (including phenoxy) is 2. The second-order valence-electron chi connectivity index (χ2n) is 6.42. The third-order valence-corrected chi connectivity index (χ3v) is 4.72. The lowest BCUT2D eigenvalue weighted by atomic mass is 10.0. The van der Waals surface area contributed by atoms with E-state index in [4.69, 9.17) is 9.47 Å². The van der Waals surface area contributed by atoms with Crippen molar-refractivity contribution in [3.63, 3.8) is 0 Å². The number of amides is 1. The van der Waals surface area contributed by atoms with E-state index in [1.807, 2.05) is 4.90 Å². The van der Waals surface area contributed by atoms with Crippen molar-refractivity contribution in [3.8, 4) is 0 Å². The third-order valence-electron chi connectivity index (χ3n) is 4.72. The fourth-order valence-corrected chi connectivity index (χ4v) is 3.24. The lowest BCUT2D eigenvalue weighted by Crippen LogP contribution is -2.45. The number of carbonyl (C=O) groups excluding carboxylic acids is 1. The van der Waals surface area contributed by atoms with Gasteiger partial charge in [0.2, 0.25) is 5.95 Å². The summed E-state index contributed by atoms with van der Waals surface area (Å²) in [5.74, 6) is -2.38. The second-order valence-corrected chi connectivity index (χ2v) is 6.42. The van der Waals surface area contributed by atoms with Gasteiger partial charge in [0.05, 0.1) is 18.8 Å². The summed E-state index contributed by atoms with van der Waals surface area (Å²) >= 11 is 0. The zero-order valence-electron chi connectivity index (χ0n) is 14.5. The van der Waals surface area contributed by atoms with Crippen molar-refractivity contribution in [1.82, 2.24) is 9.97 Å². The van der Waals surface area contributed by atoms with Crippen LogP contribution < -0.4 is 10.2 Å². The smallest absolute Gasteiger partial charge is 0.258 e. The first-order chi connectivity index (χ1) is 13.1. The summed E-state index contributed by atoms with van der Waals surface area (Å²) in [6.45, 7) is 2.57. The fraction of sp³-hybridized carbons (Fsp3) is 0.389. The Morgan fingerprint density at radius 3 is 2.26 bits per heavy atom. The van der Waals surface area contributed by atoms with Crippen molar-refractivity contribution in [3.05, 3.63) is 47.8 Å². The van der Waals surface area contributed by atoms with E-state index in [0.717, 1.165) is 12.1 Å². The summed E-state index contributed by atoms with van der Waals surface area (Å²) in [5, 5.41) is 2.21. The van der Waals surface area contributed by atoms with Crippen LogP contribution >= 0.6 is 0 Å². The molecule has 0 bridgehead atoms. The summed E-state index contributed by atoms with van der Waals surface area (Å²) in [4.78, 5) is 22.6. The van der Waals surface area contributed by atoms with E-state index in [-0.39, 0.29) is 5.56 Å². The molecule has 142 valence electrons. The zero-order chi connectivity index (χ0) is 18.9. The van der Waals surface area contributed by atoms with E-state index in [2.05, 4.69) is 15.3 Å². The molecule has 2 aliphatic heterocycles. The molecule has 3 heterocycles. The van der Waals surface area contributed by atoms with E-state index < -0.39 is 29.0 Å². The van der Waals surface area contributed by atoms with Crippen molar-refractivity contribution < 1.29 is 23.0 Å². The van der Waals surface area contributed by atoms with Crippen LogP contribution in [-0.4, -0.2) is 48.0 Å². The molecule has 0 radical (unpaired) electrons. The minimum atomic E-state index is -0.848. The van der Waals surface area contributed by atoms with E-state index in [9.17, 15) is 13.6 Å². The van der Waals surface area contributed by atoms with Crippen LogP contribution in [0.4, 0.5) is 20.4 Å². The highest BCUT2D eigenvalue weighted by Crippen LogP contribution is 2.32. The average molecular weight is 376 g/mol. The number of rotatable bonds is 3. The number of carbonyl (C=O) groups is 1. The van der Waals surface area contributed by atoms with Crippen LogP contribution in [0.1, 0.15) is 23.2 Å². The Kier molecular flexibility index (Phi) is 4.71. The lowest BCUT2D eigenvalue weighted by molar-refractivity contribution is -0.169. The number of piperidine rings is 1. The van der Waals surface area contributed by atoms with Crippen molar-refractivity contribution in [2.24, 2.45) is 0 Å². The third kappa shape index (κ3) is 3.60. The molecule has 2 fully saturated rings. The van der Waals surface area contributed by atoms with Crippen LogP contribution in [0.3, 0.4) is 0 Å². The molecular formula is C18H18F2N4O3. The summed E-state index contributed by atoms with van der Waals surface area (Å²) in [6.07, 6.45) is 4.10. The molecule has 9 heteroatoms. The number of nitrogens with zero attached hydrogens (tertiary/aromatic N) is 3. The van der Waals surface area contributed by atoms with Gasteiger partial charge >= 0.3 is 0 Å². The van der Waals surface area contributed by atoms with Crippen molar-refractivity contribution in [2.45, 2.75) is 18.6 Å². The normalized spacial score (nSPS) is 18.7. The van der Waals surface area contributed by atoms with Gasteiger partial charge in [0.15, 0.2) is 5.79 Å². The van der Waals surface area contributed by atoms with Gasteiger partial charge in [-0.15, -0.1) is 0 Å². The Morgan fingerprint density at radius 2 is 1.67 bits per heavy atom. The van der Waals surface area contributed by atoms with Gasteiger partial charge in [-0.25, -0.2) is 18.7 Å². The molecule has 1 aromatic carbocycles. The van der Waals surface area contributed by atoms with Gasteiger partial charge in [0.1, 0.15) is 17.3 Å². The van der Waals surface area contributed by atoms with Gasteiger partial charge in [0, 0.05) is 38.3 Å². The highest BCUT2D eigenvalue weighted by Gasteiger charge is 2.40. The highest BCUT2D eigenvalue weighted by molar-refractivity contribution is 6.04. The maximum Gasteiger partial charge on any atom is 0.258 e. The molecular weight excluding hydrogens is 358 g/mol. The van der Waals surface area contributed by atoms with Crippen molar-refractivity contribution >= 4 is 17.5 Å². The first kappa shape index (κ1) is 17.7. The van der Waals surface area contributed by atoms with Gasteiger partial charge in [-0.3, -0.25) is 4.79 Å². The van der Waals surface area contributed by atoms with Crippen LogP contribution in [-0.2, 0) is 9.47 Å². The molecule has 0 saturated carbocycles. The zero-order valence-corrected chi connectivity index (χ0v) is 14.5. The number of hydrogen-bond donors (Lipinski definition) is 1. The summed E-state index contributed by atoms with van der Waals surface area (Å²) in [7, 11) is 0. The Balaban J connectivity index is 1.41. The maximum absolute atomic E-state index is 13.6. The van der Waals surface area contributed by atoms with Crippen LogP contribution in [0.15, 0.2) is 30.6 Å². The molecule has 2 aromatic rings. The number of nitrogens with one attached hydrogen (secondary N) is 1. The Morgan fingerprint density at radius 1 is 1.07 bits per heavy atom. The van der Waals surface area contributed by atoms with Crippen LogP contribution in [0.25, 0.3) is 0 Å². The Labute approximate surface area is 154 Å². The maximum atomic E-state index is 13.6. The predicted octanol–water partition coefficient (Wildman–Crippen LogP) is 2.35. The second kappa shape index (κ2) is 7.16. The van der Waals surface area contributed by atoms with Gasteiger partial charge in [-0.1, -0.05) is 6.07 Å². The molecule has 2 saturated heterocycles. The first-order valence-corrected chi connectivity index (χ1v) is 8.67. The van der Waals surface area contributed by atoms with Crippen LogP contribution in [0.2, 0.25) is 0 Å². The topological polar surface area (TPSA) is 76.6 Å². The predicted molar refractivity (Wildman–Crippen MR) is 92.4 cm³/mol. The molecule has 2 aliphatic rings. The number of hydrogen-bond acceptors (Lipinski definition) is 6. The van der Waals surface area contributed by atoms with E-state index in [0.29, 0.717) is 45.1 Å². The molecule has 4 rings (SSSR count). The van der Waals surface area contributed by atoms with E-state index in [1.54, 1.807) is 0 Å². The number of benzene rings is 1. The molecule has 1 N–H and O–H groups in total. The molecule has 7 nitrogen and oxygen atoms in total. The number of anilines is 2. The number of halogens is 2. The monoisotopic (exact) mass is 376 g/mol. The molecule has 1 spiro atoms. The van der Waals surface area contributed by atoms with Gasteiger partial charge in [0.25, 0.3) is 5.91 Å². The Hall–Kier alpha value is -2.65. The molecule has 1 amide bonds.